The fraction of sp³-hybridized carbons (Fsp3) is 0.235. The molecule has 0 amide bonds. The molecule has 0 radical (unpaired) electrons. The molecule has 0 saturated heterocycles. The molecule has 0 atom stereocenters. The molecule has 0 saturated carbocycles. The maximum Gasteiger partial charge on any atom is 0.195 e. The van der Waals surface area contributed by atoms with E-state index in [1.807, 2.05) is 13.8 Å². The Morgan fingerprint density at radius 3 is 2.76 bits per heavy atom. The predicted octanol–water partition coefficient (Wildman–Crippen LogP) is 3.35. The number of ether oxygens (including phenoxy) is 1. The predicted molar refractivity (Wildman–Crippen MR) is 79.1 cm³/mol. The first-order valence-corrected chi connectivity index (χ1v) is 6.77. The Kier molecular flexibility index (Phi) is 2.97. The minimum atomic E-state index is -0.474. The van der Waals surface area contributed by atoms with Gasteiger partial charge in [-0.1, -0.05) is 0 Å². The highest BCUT2D eigenvalue weighted by Crippen LogP contribution is 2.35. The molecule has 4 heteroatoms. The van der Waals surface area contributed by atoms with E-state index < -0.39 is 5.82 Å². The van der Waals surface area contributed by atoms with Crippen LogP contribution in [0.5, 0.6) is 5.75 Å². The third-order valence-corrected chi connectivity index (χ3v) is 3.59. The van der Waals surface area contributed by atoms with Crippen LogP contribution in [0.25, 0.3) is 0 Å². The summed E-state index contributed by atoms with van der Waals surface area (Å²) in [7, 11) is 0. The molecule has 21 heavy (non-hydrogen) atoms. The number of nitrogens with two attached hydrogens (primary N) is 1. The lowest BCUT2D eigenvalue weighted by Gasteiger charge is -2.16. The molecule has 2 aromatic carbocycles. The fourth-order valence-corrected chi connectivity index (χ4v) is 2.63. The van der Waals surface area contributed by atoms with Gasteiger partial charge in [0, 0.05) is 23.2 Å². The summed E-state index contributed by atoms with van der Waals surface area (Å²) in [4.78, 5) is 12.5. The van der Waals surface area contributed by atoms with Gasteiger partial charge in [0.05, 0.1) is 0 Å². The fourth-order valence-electron chi connectivity index (χ4n) is 2.63. The number of hydrogen-bond acceptors (Lipinski definition) is 3. The zero-order valence-electron chi connectivity index (χ0n) is 11.9. The van der Waals surface area contributed by atoms with E-state index in [1.54, 1.807) is 18.2 Å². The largest absolute Gasteiger partial charge is 0.487 e. The summed E-state index contributed by atoms with van der Waals surface area (Å²) in [5.74, 6) is 0.0430. The Morgan fingerprint density at radius 1 is 1.24 bits per heavy atom. The molecule has 0 fully saturated rings. The van der Waals surface area contributed by atoms with Gasteiger partial charge in [-0.3, -0.25) is 4.79 Å². The minimum Gasteiger partial charge on any atom is -0.487 e. The van der Waals surface area contributed by atoms with Crippen molar-refractivity contribution in [2.75, 3.05) is 5.73 Å². The molecule has 1 aliphatic rings. The molecule has 2 N–H and O–H groups in total. The average Bonchev–Trinajstić information content (AvgIpc) is 2.73. The molecule has 1 aliphatic heterocycles. The molecule has 108 valence electrons. The molecular weight excluding hydrogens is 269 g/mol. The highest BCUT2D eigenvalue weighted by molar-refractivity contribution is 6.12. The van der Waals surface area contributed by atoms with Crippen molar-refractivity contribution in [3.05, 3.63) is 58.9 Å². The van der Waals surface area contributed by atoms with Crippen LogP contribution in [0.1, 0.15) is 35.3 Å². The quantitative estimate of drug-likeness (QED) is 0.680. The first-order valence-electron chi connectivity index (χ1n) is 6.77. The summed E-state index contributed by atoms with van der Waals surface area (Å²) in [5.41, 5.74) is 7.45. The molecular formula is C17H16FNO2. The van der Waals surface area contributed by atoms with Gasteiger partial charge >= 0.3 is 0 Å². The molecule has 3 nitrogen and oxygen atoms in total. The van der Waals surface area contributed by atoms with Gasteiger partial charge in [0.2, 0.25) is 0 Å². The summed E-state index contributed by atoms with van der Waals surface area (Å²) in [6, 6.07) is 9.09. The van der Waals surface area contributed by atoms with E-state index in [1.165, 1.54) is 18.2 Å². The summed E-state index contributed by atoms with van der Waals surface area (Å²) >= 11 is 0. The number of carbonyl (C=O) groups excluding carboxylic acids is 1. The molecule has 1 heterocycles. The van der Waals surface area contributed by atoms with Crippen LogP contribution in [-0.4, -0.2) is 11.4 Å². The molecule has 0 spiro atoms. The van der Waals surface area contributed by atoms with Crippen LogP contribution in [0.4, 0.5) is 10.1 Å². The van der Waals surface area contributed by atoms with Gasteiger partial charge in [-0.05, 0) is 55.8 Å². The maximum absolute atomic E-state index is 13.3. The second-order valence-corrected chi connectivity index (χ2v) is 5.92. The van der Waals surface area contributed by atoms with E-state index in [4.69, 9.17) is 10.5 Å². The van der Waals surface area contributed by atoms with Gasteiger partial charge in [0.25, 0.3) is 0 Å². The van der Waals surface area contributed by atoms with E-state index >= 15 is 0 Å². The van der Waals surface area contributed by atoms with Gasteiger partial charge in [-0.15, -0.1) is 0 Å². The normalized spacial score (nSPS) is 15.4. The Bertz CT molecular complexity index is 738. The van der Waals surface area contributed by atoms with Crippen molar-refractivity contribution in [1.29, 1.82) is 0 Å². The van der Waals surface area contributed by atoms with Gasteiger partial charge in [-0.25, -0.2) is 4.39 Å². The minimum absolute atomic E-state index is 0.188. The standard InChI is InChI=1S/C17H16FNO2/c1-17(2)9-11-7-10(3-6-15(11)21-17)16(20)13-8-12(18)4-5-14(13)19/h3-8H,9,19H2,1-2H3. The molecule has 2 aromatic rings. The van der Waals surface area contributed by atoms with Crippen LogP contribution in [0.3, 0.4) is 0 Å². The lowest BCUT2D eigenvalue weighted by molar-refractivity contribution is 0.103. The number of benzene rings is 2. The van der Waals surface area contributed by atoms with Crippen molar-refractivity contribution in [2.45, 2.75) is 25.9 Å². The second-order valence-electron chi connectivity index (χ2n) is 5.92. The zero-order valence-corrected chi connectivity index (χ0v) is 11.9. The van der Waals surface area contributed by atoms with Crippen molar-refractivity contribution >= 4 is 11.5 Å². The number of anilines is 1. The van der Waals surface area contributed by atoms with Crippen molar-refractivity contribution < 1.29 is 13.9 Å². The molecule has 0 unspecified atom stereocenters. The van der Waals surface area contributed by atoms with Gasteiger partial charge in [-0.2, -0.15) is 0 Å². The molecule has 3 rings (SSSR count). The topological polar surface area (TPSA) is 52.3 Å². The lowest BCUT2D eigenvalue weighted by atomic mass is 9.96. The number of nitrogen functional groups attached to an aromatic ring is 1. The van der Waals surface area contributed by atoms with Crippen LogP contribution in [0.2, 0.25) is 0 Å². The third-order valence-electron chi connectivity index (χ3n) is 3.59. The van der Waals surface area contributed by atoms with Crippen LogP contribution in [0, 0.1) is 5.82 Å². The molecule has 0 aromatic heterocycles. The Hall–Kier alpha value is -2.36. The van der Waals surface area contributed by atoms with Crippen molar-refractivity contribution in [3.63, 3.8) is 0 Å². The average molecular weight is 285 g/mol. The lowest BCUT2D eigenvalue weighted by Crippen LogP contribution is -2.24. The van der Waals surface area contributed by atoms with E-state index in [-0.39, 0.29) is 22.6 Å². The van der Waals surface area contributed by atoms with Crippen LogP contribution in [-0.2, 0) is 6.42 Å². The SMILES string of the molecule is CC1(C)Cc2cc(C(=O)c3cc(F)ccc3N)ccc2O1. The van der Waals surface area contributed by atoms with E-state index in [0.29, 0.717) is 5.56 Å². The number of fused-ring (bicyclic) bond motifs is 1. The van der Waals surface area contributed by atoms with Crippen LogP contribution < -0.4 is 10.5 Å². The number of carbonyl (C=O) groups is 1. The summed E-state index contributed by atoms with van der Waals surface area (Å²) < 4.78 is 19.1. The van der Waals surface area contributed by atoms with Crippen LogP contribution in [0.15, 0.2) is 36.4 Å². The number of halogens is 1. The van der Waals surface area contributed by atoms with Crippen LogP contribution >= 0.6 is 0 Å². The first-order chi connectivity index (χ1) is 9.85. The first kappa shape index (κ1) is 13.6. The monoisotopic (exact) mass is 285 g/mol. The highest BCUT2D eigenvalue weighted by atomic mass is 19.1. The molecule has 0 aliphatic carbocycles. The second kappa shape index (κ2) is 4.58. The van der Waals surface area contributed by atoms with E-state index in [0.717, 1.165) is 17.7 Å². The Morgan fingerprint density at radius 2 is 2.00 bits per heavy atom. The number of rotatable bonds is 2. The number of ketones is 1. The maximum atomic E-state index is 13.3. The smallest absolute Gasteiger partial charge is 0.195 e. The summed E-state index contributed by atoms with van der Waals surface area (Å²) in [6.07, 6.45) is 0.738. The van der Waals surface area contributed by atoms with E-state index in [2.05, 4.69) is 0 Å². The summed E-state index contributed by atoms with van der Waals surface area (Å²) in [6.45, 7) is 4.00. The molecule has 0 bridgehead atoms. The Balaban J connectivity index is 1.99. The summed E-state index contributed by atoms with van der Waals surface area (Å²) in [5, 5.41) is 0. The third kappa shape index (κ3) is 2.49. The van der Waals surface area contributed by atoms with E-state index in [9.17, 15) is 9.18 Å². The van der Waals surface area contributed by atoms with Gasteiger partial charge in [0.1, 0.15) is 17.2 Å². The number of hydrogen-bond donors (Lipinski definition) is 1. The van der Waals surface area contributed by atoms with Gasteiger partial charge < -0.3 is 10.5 Å². The zero-order chi connectivity index (χ0) is 15.2. The van der Waals surface area contributed by atoms with Gasteiger partial charge in [0.15, 0.2) is 5.78 Å². The van der Waals surface area contributed by atoms with Crippen molar-refractivity contribution in [2.24, 2.45) is 0 Å². The Labute approximate surface area is 122 Å². The highest BCUT2D eigenvalue weighted by Gasteiger charge is 2.30. The van der Waals surface area contributed by atoms with Crippen molar-refractivity contribution in [1.82, 2.24) is 0 Å². The van der Waals surface area contributed by atoms with Crippen molar-refractivity contribution in [3.8, 4) is 5.75 Å².